The van der Waals surface area contributed by atoms with Gasteiger partial charge >= 0.3 is 24.3 Å². The molecule has 4 aromatic carbocycles. The molecule has 232 valence electrons. The van der Waals surface area contributed by atoms with Crippen molar-refractivity contribution in [1.82, 2.24) is 0 Å². The van der Waals surface area contributed by atoms with Gasteiger partial charge in [0.25, 0.3) is 0 Å². The number of carbonyl (C=O) groups is 2. The van der Waals surface area contributed by atoms with Gasteiger partial charge in [-0.3, -0.25) is 0 Å². The Morgan fingerprint density at radius 3 is 1.20 bits per heavy atom. The highest BCUT2D eigenvalue weighted by molar-refractivity contribution is 5.96. The first-order valence-corrected chi connectivity index (χ1v) is 12.9. The summed E-state index contributed by atoms with van der Waals surface area (Å²) in [5, 5.41) is 0. The van der Waals surface area contributed by atoms with Gasteiger partial charge in [-0.15, -0.1) is 0 Å². The third kappa shape index (κ3) is 6.26. The smallest absolute Gasteiger partial charge is 0.411 e. The molecule has 0 aromatic heterocycles. The molecule has 4 N–H and O–H groups in total. The number of nitrogen functional groups attached to an aromatic ring is 2. The van der Waals surface area contributed by atoms with Crippen LogP contribution < -0.4 is 20.9 Å². The van der Waals surface area contributed by atoms with Crippen LogP contribution in [0.15, 0.2) is 98.1 Å². The van der Waals surface area contributed by atoms with Gasteiger partial charge in [0.2, 0.25) is 5.41 Å². The summed E-state index contributed by atoms with van der Waals surface area (Å²) >= 11 is 0. The Hall–Kier alpha value is -5.52. The van der Waals surface area contributed by atoms with Crippen molar-refractivity contribution in [3.05, 3.63) is 131 Å². The van der Waals surface area contributed by atoms with Crippen LogP contribution in [-0.2, 0) is 5.41 Å². The van der Waals surface area contributed by atoms with Crippen LogP contribution in [0.4, 0.5) is 37.7 Å². The van der Waals surface area contributed by atoms with E-state index in [1.807, 2.05) is 0 Å². The summed E-state index contributed by atoms with van der Waals surface area (Å²) < 4.78 is 99.8. The van der Waals surface area contributed by atoms with E-state index in [-0.39, 0.29) is 33.8 Å². The third-order valence-corrected chi connectivity index (χ3v) is 6.88. The molecular formula is C33H24F6N2O4. The second kappa shape index (κ2) is 12.2. The van der Waals surface area contributed by atoms with Crippen molar-refractivity contribution in [3.8, 4) is 11.5 Å². The predicted octanol–water partition coefficient (Wildman–Crippen LogP) is 7.99. The second-order valence-corrected chi connectivity index (χ2v) is 9.67. The monoisotopic (exact) mass is 626 g/mol. The Bertz CT molecular complexity index is 1630. The van der Waals surface area contributed by atoms with Crippen molar-refractivity contribution in [2.45, 2.75) is 17.8 Å². The molecule has 0 bridgehead atoms. The third-order valence-electron chi connectivity index (χ3n) is 6.88. The van der Waals surface area contributed by atoms with Gasteiger partial charge in [0.1, 0.15) is 11.5 Å². The molecule has 6 nitrogen and oxygen atoms in total. The quantitative estimate of drug-likeness (QED) is 0.0890. The number of alkyl halides is 6. The van der Waals surface area contributed by atoms with Gasteiger partial charge in [-0.2, -0.15) is 26.3 Å². The first kappa shape index (κ1) is 32.4. The fourth-order valence-corrected chi connectivity index (χ4v) is 4.68. The average molecular weight is 627 g/mol. The van der Waals surface area contributed by atoms with Gasteiger partial charge < -0.3 is 20.9 Å². The van der Waals surface area contributed by atoms with E-state index in [2.05, 4.69) is 13.2 Å². The number of anilines is 2. The first-order valence-electron chi connectivity index (χ1n) is 12.9. The van der Waals surface area contributed by atoms with Crippen LogP contribution in [0.1, 0.15) is 43.0 Å². The van der Waals surface area contributed by atoms with E-state index in [0.29, 0.717) is 35.6 Å². The summed E-state index contributed by atoms with van der Waals surface area (Å²) in [5.41, 5.74) is 3.45. The molecule has 4 rings (SSSR count). The molecule has 12 heteroatoms. The molecule has 0 atom stereocenters. The molecule has 45 heavy (non-hydrogen) atoms. The Kier molecular flexibility index (Phi) is 8.80. The van der Waals surface area contributed by atoms with Crippen molar-refractivity contribution >= 4 is 35.5 Å². The van der Waals surface area contributed by atoms with Crippen molar-refractivity contribution in [2.24, 2.45) is 0 Å². The maximum atomic E-state index is 14.9. The molecule has 0 unspecified atom stereocenters. The highest BCUT2D eigenvalue weighted by atomic mass is 19.4. The molecule has 0 aliphatic heterocycles. The number of esters is 2. The Labute approximate surface area is 253 Å². The van der Waals surface area contributed by atoms with Crippen LogP contribution in [0.3, 0.4) is 0 Å². The van der Waals surface area contributed by atoms with Crippen molar-refractivity contribution < 1.29 is 45.4 Å². The van der Waals surface area contributed by atoms with Crippen LogP contribution in [0, 0.1) is 0 Å². The van der Waals surface area contributed by atoms with Gasteiger partial charge in [0.15, 0.2) is 0 Å². The van der Waals surface area contributed by atoms with Crippen molar-refractivity contribution in [2.75, 3.05) is 11.5 Å². The fraction of sp³-hybridized carbons (Fsp3) is 0.0909. The summed E-state index contributed by atoms with van der Waals surface area (Å²) in [5.74, 6) is -2.02. The number of carbonyl (C=O) groups excluding carboxylic acids is 2. The van der Waals surface area contributed by atoms with Gasteiger partial charge in [-0.25, -0.2) is 9.59 Å². The zero-order valence-corrected chi connectivity index (χ0v) is 23.2. The van der Waals surface area contributed by atoms with E-state index in [1.165, 1.54) is 48.5 Å². The number of halogens is 6. The van der Waals surface area contributed by atoms with Crippen LogP contribution >= 0.6 is 0 Å². The number of nitrogens with two attached hydrogens (primary N) is 2. The molecule has 0 heterocycles. The second-order valence-electron chi connectivity index (χ2n) is 9.67. The molecule has 0 radical (unpaired) electrons. The lowest BCUT2D eigenvalue weighted by Gasteiger charge is -2.38. The summed E-state index contributed by atoms with van der Waals surface area (Å²) in [6, 6.07) is 15.0. The Balaban J connectivity index is 1.83. The highest BCUT2D eigenvalue weighted by Gasteiger charge is 2.72. The minimum atomic E-state index is -5.96. The zero-order chi connectivity index (χ0) is 33.2. The molecule has 4 aromatic rings. The van der Waals surface area contributed by atoms with E-state index in [9.17, 15) is 35.9 Å². The minimum Gasteiger partial charge on any atom is -0.423 e. The SMILES string of the molecule is C=Cc1cc(C(c2ccc(C(=O)Oc3ccc(N)cc3)c(C=C)c2)(C(F)(F)F)C(F)(F)F)ccc1C(=O)Oc1ccc(N)cc1. The van der Waals surface area contributed by atoms with E-state index in [4.69, 9.17) is 20.9 Å². The highest BCUT2D eigenvalue weighted by Crippen LogP contribution is 2.56. The van der Waals surface area contributed by atoms with Crippen molar-refractivity contribution in [3.63, 3.8) is 0 Å². The van der Waals surface area contributed by atoms with E-state index >= 15 is 0 Å². The van der Waals surface area contributed by atoms with Gasteiger partial charge in [-0.1, -0.05) is 37.4 Å². The first-order chi connectivity index (χ1) is 21.1. The fourth-order valence-electron chi connectivity index (χ4n) is 4.68. The van der Waals surface area contributed by atoms with Crippen LogP contribution in [0.25, 0.3) is 12.2 Å². The normalized spacial score (nSPS) is 11.9. The summed E-state index contributed by atoms with van der Waals surface area (Å²) in [4.78, 5) is 25.7. The van der Waals surface area contributed by atoms with Crippen molar-refractivity contribution in [1.29, 1.82) is 0 Å². The van der Waals surface area contributed by atoms with Crippen LogP contribution in [-0.4, -0.2) is 24.3 Å². The van der Waals surface area contributed by atoms with E-state index < -0.39 is 40.8 Å². The lowest BCUT2D eigenvalue weighted by molar-refractivity contribution is -0.288. The Morgan fingerprint density at radius 2 is 0.911 bits per heavy atom. The molecule has 0 amide bonds. The van der Waals surface area contributed by atoms with Gasteiger partial charge in [-0.05, 0) is 95.1 Å². The van der Waals surface area contributed by atoms with E-state index in [1.54, 1.807) is 0 Å². The maximum absolute atomic E-state index is 14.9. The molecule has 0 aliphatic rings. The molecule has 0 saturated heterocycles. The molecular weight excluding hydrogens is 602 g/mol. The largest absolute Gasteiger partial charge is 0.423 e. The Morgan fingerprint density at radius 1 is 0.578 bits per heavy atom. The number of ether oxygens (including phenoxy) is 2. The lowest BCUT2D eigenvalue weighted by Crippen LogP contribution is -2.54. The standard InChI is InChI=1S/C33H24F6N2O4/c1-3-19-17-21(5-15-27(19)29(42)44-25-11-7-23(40)8-12-25)31(32(34,35)36,33(37,38)39)22-6-16-28(20(4-2)18-22)30(43)45-26-13-9-24(41)10-14-26/h3-18H,1-2,40-41H2. The molecule has 0 saturated carbocycles. The number of hydrogen-bond donors (Lipinski definition) is 2. The molecule has 0 aliphatic carbocycles. The average Bonchev–Trinajstić information content (AvgIpc) is 2.98. The number of benzene rings is 4. The van der Waals surface area contributed by atoms with Crippen LogP contribution in [0.5, 0.6) is 11.5 Å². The topological polar surface area (TPSA) is 105 Å². The van der Waals surface area contributed by atoms with Gasteiger partial charge in [0.05, 0.1) is 11.1 Å². The molecule has 0 fully saturated rings. The number of hydrogen-bond acceptors (Lipinski definition) is 6. The molecule has 0 spiro atoms. The predicted molar refractivity (Wildman–Crippen MR) is 158 cm³/mol. The summed E-state index contributed by atoms with van der Waals surface area (Å²) in [7, 11) is 0. The van der Waals surface area contributed by atoms with Gasteiger partial charge in [0, 0.05) is 11.4 Å². The zero-order valence-electron chi connectivity index (χ0n) is 23.2. The van der Waals surface area contributed by atoms with E-state index in [0.717, 1.165) is 24.3 Å². The summed E-state index contributed by atoms with van der Waals surface area (Å²) in [6.45, 7) is 6.90. The lowest BCUT2D eigenvalue weighted by atomic mass is 9.71. The minimum absolute atomic E-state index is 0.0418. The maximum Gasteiger partial charge on any atom is 0.411 e. The number of rotatable bonds is 8. The summed E-state index contributed by atoms with van der Waals surface area (Å²) in [6.07, 6.45) is -10.0. The van der Waals surface area contributed by atoms with Crippen LogP contribution in [0.2, 0.25) is 0 Å².